The minimum Gasteiger partial charge on any atom is -0.372 e. The van der Waals surface area contributed by atoms with Gasteiger partial charge in [0.25, 0.3) is 5.91 Å². The third kappa shape index (κ3) is 5.19. The lowest BCUT2D eigenvalue weighted by atomic mass is 10.2. The van der Waals surface area contributed by atoms with Gasteiger partial charge in [-0.1, -0.05) is 18.3 Å². The molecule has 0 bridgehead atoms. The topological polar surface area (TPSA) is 69.0 Å². The third-order valence-corrected chi connectivity index (χ3v) is 4.43. The van der Waals surface area contributed by atoms with Crippen molar-refractivity contribution in [3.63, 3.8) is 0 Å². The fraction of sp³-hybridized carbons (Fsp3) is 0.105. The molecule has 0 saturated carbocycles. The molecule has 7 heteroatoms. The summed E-state index contributed by atoms with van der Waals surface area (Å²) in [6.45, 7) is 3.66. The van der Waals surface area contributed by atoms with E-state index in [0.717, 1.165) is 16.1 Å². The maximum atomic E-state index is 13.6. The summed E-state index contributed by atoms with van der Waals surface area (Å²) in [5.74, 6) is -1.21. The van der Waals surface area contributed by atoms with Gasteiger partial charge in [-0.05, 0) is 36.4 Å². The van der Waals surface area contributed by atoms with Gasteiger partial charge in [-0.3, -0.25) is 9.78 Å². The number of carbonyl (C=O) groups excluding carboxylic acids is 1. The number of halogens is 1. The molecule has 0 fully saturated rings. The van der Waals surface area contributed by atoms with Gasteiger partial charge >= 0.3 is 0 Å². The first-order valence-corrected chi connectivity index (χ1v) is 8.39. The molecule has 1 aromatic carbocycles. The number of anilines is 1. The minimum atomic E-state index is -0.671. The zero-order valence-electron chi connectivity index (χ0n) is 14.4. The molecule has 1 aromatic heterocycles. The van der Waals surface area contributed by atoms with Crippen LogP contribution in [0.25, 0.3) is 0 Å². The molecule has 0 radical (unpaired) electrons. The molecule has 0 aliphatic heterocycles. The second-order valence-electron chi connectivity index (χ2n) is 5.45. The first-order valence-electron chi connectivity index (χ1n) is 7.57. The van der Waals surface area contributed by atoms with Crippen molar-refractivity contribution >= 4 is 23.4 Å². The first kappa shape index (κ1) is 19.2. The highest BCUT2D eigenvalue weighted by atomic mass is 32.2. The van der Waals surface area contributed by atoms with Crippen LogP contribution in [-0.2, 0) is 0 Å². The van der Waals surface area contributed by atoms with Gasteiger partial charge in [0, 0.05) is 36.4 Å². The lowest BCUT2D eigenvalue weighted by Gasteiger charge is -2.16. The molecule has 26 heavy (non-hydrogen) atoms. The molecule has 2 aromatic rings. The summed E-state index contributed by atoms with van der Waals surface area (Å²) in [6, 6.07) is 10.4. The zero-order valence-corrected chi connectivity index (χ0v) is 15.2. The van der Waals surface area contributed by atoms with Crippen molar-refractivity contribution in [1.29, 1.82) is 5.26 Å². The third-order valence-electron chi connectivity index (χ3n) is 3.23. The Kier molecular flexibility index (Phi) is 6.53. The van der Waals surface area contributed by atoms with Gasteiger partial charge in [-0.2, -0.15) is 5.26 Å². The van der Waals surface area contributed by atoms with Crippen LogP contribution in [-0.4, -0.2) is 29.9 Å². The second kappa shape index (κ2) is 8.83. The highest BCUT2D eigenvalue weighted by Gasteiger charge is 2.11. The van der Waals surface area contributed by atoms with E-state index in [4.69, 9.17) is 5.26 Å². The number of thioether (sulfide) groups is 1. The van der Waals surface area contributed by atoms with Gasteiger partial charge in [0.05, 0.1) is 22.9 Å². The van der Waals surface area contributed by atoms with E-state index < -0.39 is 11.7 Å². The van der Waals surface area contributed by atoms with Gasteiger partial charge in [0.1, 0.15) is 0 Å². The van der Waals surface area contributed by atoms with E-state index in [0.29, 0.717) is 11.3 Å². The minimum absolute atomic E-state index is 0.0636. The molecule has 1 amide bonds. The van der Waals surface area contributed by atoms with Crippen LogP contribution in [0.15, 0.2) is 70.9 Å². The Balaban J connectivity index is 2.09. The Labute approximate surface area is 155 Å². The van der Waals surface area contributed by atoms with Gasteiger partial charge in [-0.25, -0.2) is 4.39 Å². The molecule has 2 rings (SSSR count). The quantitative estimate of drug-likeness (QED) is 0.473. The number of nitriles is 1. The van der Waals surface area contributed by atoms with Crippen LogP contribution in [0.1, 0.15) is 10.4 Å². The summed E-state index contributed by atoms with van der Waals surface area (Å²) in [5.41, 5.74) is 0.850. The lowest BCUT2D eigenvalue weighted by Crippen LogP contribution is -2.13. The summed E-state index contributed by atoms with van der Waals surface area (Å²) in [5, 5.41) is 12.4. The van der Waals surface area contributed by atoms with Gasteiger partial charge in [0.2, 0.25) is 0 Å². The predicted molar refractivity (Wildman–Crippen MR) is 101 cm³/mol. The summed E-state index contributed by atoms with van der Waals surface area (Å²) < 4.78 is 13.6. The molecule has 132 valence electrons. The Morgan fingerprint density at radius 2 is 2.04 bits per heavy atom. The van der Waals surface area contributed by atoms with Gasteiger partial charge in [-0.15, -0.1) is 0 Å². The fourth-order valence-electron chi connectivity index (χ4n) is 1.92. The average molecular weight is 368 g/mol. The number of nitrogens with one attached hydrogen (secondary N) is 1. The molecule has 0 aliphatic carbocycles. The number of hydrogen-bond donors (Lipinski definition) is 1. The van der Waals surface area contributed by atoms with Crippen LogP contribution < -0.4 is 5.32 Å². The van der Waals surface area contributed by atoms with Crippen LogP contribution in [0.3, 0.4) is 0 Å². The van der Waals surface area contributed by atoms with Crippen molar-refractivity contribution in [2.45, 2.75) is 4.90 Å². The molecule has 0 spiro atoms. The van der Waals surface area contributed by atoms with Crippen LogP contribution >= 0.6 is 11.8 Å². The number of carbonyl (C=O) groups is 1. The molecular weight excluding hydrogens is 351 g/mol. The standard InChI is InChI=1S/C19H17FN4OS/c1-13(11-21)10-18(24(2)3)26-15-6-4-14(5-7-15)23-19(25)16-8-9-22-12-17(16)20/h4-10,12H,1H2,2-3H3,(H,23,25)/b18-10+. The number of rotatable bonds is 6. The fourth-order valence-corrected chi connectivity index (χ4v) is 2.81. The summed E-state index contributed by atoms with van der Waals surface area (Å²) in [6.07, 6.45) is 4.06. The molecular formula is C19H17FN4OS. The molecule has 0 atom stereocenters. The molecule has 0 aliphatic rings. The highest BCUT2D eigenvalue weighted by molar-refractivity contribution is 8.03. The van der Waals surface area contributed by atoms with Crippen LogP contribution in [0, 0.1) is 17.1 Å². The molecule has 0 saturated heterocycles. The van der Waals surface area contributed by atoms with E-state index in [-0.39, 0.29) is 5.56 Å². The lowest BCUT2D eigenvalue weighted by molar-refractivity contribution is 0.102. The number of hydrogen-bond acceptors (Lipinski definition) is 5. The largest absolute Gasteiger partial charge is 0.372 e. The van der Waals surface area contributed by atoms with Crippen molar-refractivity contribution in [2.24, 2.45) is 0 Å². The van der Waals surface area contributed by atoms with Crippen LogP contribution in [0.2, 0.25) is 0 Å². The average Bonchev–Trinajstić information content (AvgIpc) is 2.62. The number of nitrogens with zero attached hydrogens (tertiary/aromatic N) is 3. The summed E-state index contributed by atoms with van der Waals surface area (Å²) in [7, 11) is 3.75. The smallest absolute Gasteiger partial charge is 0.258 e. The molecule has 1 heterocycles. The second-order valence-corrected chi connectivity index (χ2v) is 6.54. The maximum absolute atomic E-state index is 13.6. The predicted octanol–water partition coefficient (Wildman–Crippen LogP) is 4.05. The molecule has 0 unspecified atom stereocenters. The number of aromatic nitrogens is 1. The number of benzene rings is 1. The van der Waals surface area contributed by atoms with E-state index in [2.05, 4.69) is 16.9 Å². The summed E-state index contributed by atoms with van der Waals surface area (Å²) >= 11 is 1.46. The molecule has 1 N–H and O–H groups in total. The Morgan fingerprint density at radius 3 is 2.62 bits per heavy atom. The van der Waals surface area contributed by atoms with Crippen molar-refractivity contribution in [3.8, 4) is 6.07 Å². The van der Waals surface area contributed by atoms with E-state index in [1.165, 1.54) is 24.0 Å². The van der Waals surface area contributed by atoms with E-state index >= 15 is 0 Å². The van der Waals surface area contributed by atoms with Crippen molar-refractivity contribution in [3.05, 3.63) is 77.4 Å². The number of pyridine rings is 1. The number of allylic oxidation sites excluding steroid dienone is 2. The number of amides is 1. The Hall–Kier alpha value is -3.11. The maximum Gasteiger partial charge on any atom is 0.258 e. The van der Waals surface area contributed by atoms with E-state index in [9.17, 15) is 9.18 Å². The van der Waals surface area contributed by atoms with E-state index in [1.807, 2.05) is 37.2 Å². The highest BCUT2D eigenvalue weighted by Crippen LogP contribution is 2.29. The van der Waals surface area contributed by atoms with Crippen molar-refractivity contribution < 1.29 is 9.18 Å². The van der Waals surface area contributed by atoms with Crippen LogP contribution in [0.4, 0.5) is 10.1 Å². The zero-order chi connectivity index (χ0) is 19.1. The van der Waals surface area contributed by atoms with Gasteiger partial charge < -0.3 is 10.2 Å². The first-order chi connectivity index (χ1) is 12.4. The van der Waals surface area contributed by atoms with Crippen molar-refractivity contribution in [1.82, 2.24) is 9.88 Å². The monoisotopic (exact) mass is 368 g/mol. The normalized spacial score (nSPS) is 10.8. The van der Waals surface area contributed by atoms with E-state index in [1.54, 1.807) is 18.2 Å². The van der Waals surface area contributed by atoms with Crippen LogP contribution in [0.5, 0.6) is 0 Å². The van der Waals surface area contributed by atoms with Crippen molar-refractivity contribution in [2.75, 3.05) is 19.4 Å². The SMILES string of the molecule is C=C(C#N)/C=C(/Sc1ccc(NC(=O)c2ccncc2F)cc1)N(C)C. The molecule has 5 nitrogen and oxygen atoms in total. The Bertz CT molecular complexity index is 885. The summed E-state index contributed by atoms with van der Waals surface area (Å²) in [4.78, 5) is 18.5. The Morgan fingerprint density at radius 1 is 1.35 bits per heavy atom. The van der Waals surface area contributed by atoms with Gasteiger partial charge in [0.15, 0.2) is 5.82 Å².